The third kappa shape index (κ3) is 2.60. The first-order valence-electron chi connectivity index (χ1n) is 4.83. The van der Waals surface area contributed by atoms with E-state index < -0.39 is 0 Å². The van der Waals surface area contributed by atoms with Crippen LogP contribution in [0.5, 0.6) is 0 Å². The molecule has 0 N–H and O–H groups in total. The van der Waals surface area contributed by atoms with E-state index in [1.807, 2.05) is 30.3 Å². The molecule has 0 aliphatic carbocycles. The summed E-state index contributed by atoms with van der Waals surface area (Å²) in [6.07, 6.45) is 1.81. The van der Waals surface area contributed by atoms with E-state index in [0.29, 0.717) is 11.3 Å². The van der Waals surface area contributed by atoms with Crippen LogP contribution < -0.4 is 0 Å². The van der Waals surface area contributed by atoms with Crippen LogP contribution in [0.4, 0.5) is 11.4 Å². The van der Waals surface area contributed by atoms with Gasteiger partial charge in [0, 0.05) is 5.56 Å². The SMILES string of the molecule is O=[C]c1ccc(N=Nc2ccccc2)cc1. The molecule has 0 saturated carbocycles. The highest BCUT2D eigenvalue weighted by atomic mass is 16.1. The summed E-state index contributed by atoms with van der Waals surface area (Å²) < 4.78 is 0. The lowest BCUT2D eigenvalue weighted by molar-refractivity contribution is 0.563. The summed E-state index contributed by atoms with van der Waals surface area (Å²) in [7, 11) is 0. The van der Waals surface area contributed by atoms with Crippen LogP contribution in [0.2, 0.25) is 0 Å². The van der Waals surface area contributed by atoms with Gasteiger partial charge in [-0.2, -0.15) is 10.2 Å². The Hall–Kier alpha value is -2.29. The zero-order chi connectivity index (χ0) is 11.2. The molecule has 2 rings (SSSR count). The van der Waals surface area contributed by atoms with Crippen molar-refractivity contribution in [3.63, 3.8) is 0 Å². The summed E-state index contributed by atoms with van der Waals surface area (Å²) in [6, 6.07) is 16.2. The third-order valence-electron chi connectivity index (χ3n) is 2.02. The van der Waals surface area contributed by atoms with Crippen LogP contribution in [-0.4, -0.2) is 6.29 Å². The normalized spacial score (nSPS) is 10.5. The molecule has 0 aliphatic rings. The maximum Gasteiger partial charge on any atom is 0.233 e. The molecule has 16 heavy (non-hydrogen) atoms. The molecule has 2 aromatic rings. The molecule has 0 aromatic heterocycles. The van der Waals surface area contributed by atoms with Gasteiger partial charge in [0.15, 0.2) is 0 Å². The van der Waals surface area contributed by atoms with Crippen molar-refractivity contribution in [3.8, 4) is 0 Å². The molecule has 0 atom stereocenters. The molecule has 3 heteroatoms. The number of hydrogen-bond donors (Lipinski definition) is 0. The minimum atomic E-state index is 0.513. The Morgan fingerprint density at radius 2 is 1.31 bits per heavy atom. The smallest absolute Gasteiger partial charge is 0.233 e. The van der Waals surface area contributed by atoms with Crippen LogP contribution in [0.1, 0.15) is 5.56 Å². The molecule has 0 spiro atoms. The average molecular weight is 209 g/mol. The lowest BCUT2D eigenvalue weighted by atomic mass is 10.2. The highest BCUT2D eigenvalue weighted by Crippen LogP contribution is 2.17. The fourth-order valence-corrected chi connectivity index (χ4v) is 1.21. The number of nitrogens with zero attached hydrogens (tertiary/aromatic N) is 2. The van der Waals surface area contributed by atoms with E-state index in [1.165, 1.54) is 0 Å². The van der Waals surface area contributed by atoms with Crippen molar-refractivity contribution in [2.45, 2.75) is 0 Å². The molecule has 0 saturated heterocycles. The maximum absolute atomic E-state index is 10.3. The first kappa shape index (κ1) is 10.2. The van der Waals surface area contributed by atoms with Gasteiger partial charge in [-0.25, -0.2) is 0 Å². The first-order valence-corrected chi connectivity index (χ1v) is 4.83. The Bertz CT molecular complexity index is 489. The van der Waals surface area contributed by atoms with Crippen molar-refractivity contribution < 1.29 is 4.79 Å². The van der Waals surface area contributed by atoms with E-state index in [9.17, 15) is 4.79 Å². The molecule has 0 amide bonds. The summed E-state index contributed by atoms with van der Waals surface area (Å²) in [5.41, 5.74) is 2.02. The van der Waals surface area contributed by atoms with Crippen LogP contribution in [0.25, 0.3) is 0 Å². The van der Waals surface area contributed by atoms with Crippen LogP contribution >= 0.6 is 0 Å². The molecule has 0 aliphatic heterocycles. The van der Waals surface area contributed by atoms with Crippen molar-refractivity contribution in [1.29, 1.82) is 0 Å². The van der Waals surface area contributed by atoms with Gasteiger partial charge in [-0.3, -0.25) is 4.79 Å². The second-order valence-electron chi connectivity index (χ2n) is 3.18. The topological polar surface area (TPSA) is 41.8 Å². The van der Waals surface area contributed by atoms with Crippen molar-refractivity contribution in [1.82, 2.24) is 0 Å². The van der Waals surface area contributed by atoms with Crippen LogP contribution in [0.15, 0.2) is 64.8 Å². The molecule has 0 bridgehead atoms. The summed E-state index contributed by atoms with van der Waals surface area (Å²) >= 11 is 0. The summed E-state index contributed by atoms with van der Waals surface area (Å²) in [5, 5.41) is 8.11. The van der Waals surface area contributed by atoms with Crippen molar-refractivity contribution in [2.24, 2.45) is 10.2 Å². The predicted octanol–water partition coefficient (Wildman–Crippen LogP) is 3.56. The van der Waals surface area contributed by atoms with E-state index in [-0.39, 0.29) is 0 Å². The van der Waals surface area contributed by atoms with Gasteiger partial charge in [-0.1, -0.05) is 18.2 Å². The zero-order valence-electron chi connectivity index (χ0n) is 8.50. The molecule has 77 valence electrons. The van der Waals surface area contributed by atoms with E-state index >= 15 is 0 Å². The molecule has 0 fully saturated rings. The van der Waals surface area contributed by atoms with E-state index in [1.54, 1.807) is 30.6 Å². The fraction of sp³-hybridized carbons (Fsp3) is 0. The van der Waals surface area contributed by atoms with Gasteiger partial charge >= 0.3 is 0 Å². The van der Waals surface area contributed by atoms with Crippen molar-refractivity contribution in [3.05, 3.63) is 60.2 Å². The molecule has 1 radical (unpaired) electrons. The van der Waals surface area contributed by atoms with E-state index in [4.69, 9.17) is 0 Å². The number of benzene rings is 2. The minimum absolute atomic E-state index is 0.513. The second-order valence-corrected chi connectivity index (χ2v) is 3.18. The first-order chi connectivity index (χ1) is 7.88. The molecular formula is C13H9N2O. The number of rotatable bonds is 3. The largest absolute Gasteiger partial charge is 0.285 e. The predicted molar refractivity (Wildman–Crippen MR) is 61.9 cm³/mol. The van der Waals surface area contributed by atoms with Gasteiger partial charge in [-0.05, 0) is 36.4 Å². The molecular weight excluding hydrogens is 200 g/mol. The molecule has 2 aromatic carbocycles. The molecule has 3 nitrogen and oxygen atoms in total. The second kappa shape index (κ2) is 4.98. The number of carbonyl (C=O) groups excluding carboxylic acids is 1. The zero-order valence-corrected chi connectivity index (χ0v) is 8.50. The van der Waals surface area contributed by atoms with Gasteiger partial charge in [0.1, 0.15) is 0 Å². The van der Waals surface area contributed by atoms with E-state index in [2.05, 4.69) is 10.2 Å². The highest BCUT2D eigenvalue weighted by Gasteiger charge is 1.92. The molecule has 0 heterocycles. The Balaban J connectivity index is 2.14. The minimum Gasteiger partial charge on any atom is -0.285 e. The Labute approximate surface area is 93.5 Å². The Kier molecular flexibility index (Phi) is 3.18. The standard InChI is InChI=1S/C13H9N2O/c16-10-11-6-8-13(9-7-11)15-14-12-4-2-1-3-5-12/h1-9H. The quantitative estimate of drug-likeness (QED) is 0.712. The lowest BCUT2D eigenvalue weighted by Gasteiger charge is -1.93. The van der Waals surface area contributed by atoms with Gasteiger partial charge < -0.3 is 0 Å². The van der Waals surface area contributed by atoms with Gasteiger partial charge in [0.05, 0.1) is 11.4 Å². The van der Waals surface area contributed by atoms with Gasteiger partial charge in [0.25, 0.3) is 0 Å². The van der Waals surface area contributed by atoms with Crippen molar-refractivity contribution in [2.75, 3.05) is 0 Å². The summed E-state index contributed by atoms with van der Waals surface area (Å²) in [4.78, 5) is 10.3. The van der Waals surface area contributed by atoms with Crippen LogP contribution in [-0.2, 0) is 4.79 Å². The van der Waals surface area contributed by atoms with Gasteiger partial charge in [-0.15, -0.1) is 0 Å². The Morgan fingerprint density at radius 1 is 0.750 bits per heavy atom. The maximum atomic E-state index is 10.3. The van der Waals surface area contributed by atoms with Crippen LogP contribution in [0, 0.1) is 0 Å². The van der Waals surface area contributed by atoms with Gasteiger partial charge in [0.2, 0.25) is 6.29 Å². The van der Waals surface area contributed by atoms with Crippen molar-refractivity contribution >= 4 is 17.7 Å². The Morgan fingerprint density at radius 3 is 1.88 bits per heavy atom. The lowest BCUT2D eigenvalue weighted by Crippen LogP contribution is -1.76. The summed E-state index contributed by atoms with van der Waals surface area (Å²) in [6.45, 7) is 0. The third-order valence-corrected chi connectivity index (χ3v) is 2.02. The van der Waals surface area contributed by atoms with E-state index in [0.717, 1.165) is 5.69 Å². The molecule has 0 unspecified atom stereocenters. The number of azo groups is 1. The fourth-order valence-electron chi connectivity index (χ4n) is 1.21. The average Bonchev–Trinajstić information content (AvgIpc) is 2.38. The monoisotopic (exact) mass is 209 g/mol. The number of hydrogen-bond acceptors (Lipinski definition) is 3. The van der Waals surface area contributed by atoms with Crippen LogP contribution in [0.3, 0.4) is 0 Å². The summed E-state index contributed by atoms with van der Waals surface area (Å²) in [5.74, 6) is 0. The highest BCUT2D eigenvalue weighted by molar-refractivity contribution is 5.75.